The van der Waals surface area contributed by atoms with Crippen molar-refractivity contribution in [2.45, 2.75) is 53.1 Å². The summed E-state index contributed by atoms with van der Waals surface area (Å²) < 4.78 is 0. The van der Waals surface area contributed by atoms with Crippen LogP contribution >= 0.6 is 0 Å². The van der Waals surface area contributed by atoms with Crippen LogP contribution in [0.1, 0.15) is 51.8 Å². The lowest BCUT2D eigenvalue weighted by Crippen LogP contribution is -2.40. The molecule has 0 bridgehead atoms. The summed E-state index contributed by atoms with van der Waals surface area (Å²) in [5.74, 6) is 0.491. The Labute approximate surface area is 123 Å². The molecule has 0 aliphatic carbocycles. The standard InChI is InChI=1S/C17H28N2O/c1-6-14-7-9-15(10-8-14)17(12(2)3)18-11-16(20)19-13(4)5/h7-10,12-13,17-18H,6,11H2,1-5H3,(H,19,20)/t17-/m0/s1. The molecule has 1 atom stereocenters. The average Bonchev–Trinajstić information content (AvgIpc) is 2.38. The second-order valence-electron chi connectivity index (χ2n) is 5.92. The summed E-state index contributed by atoms with van der Waals surface area (Å²) in [5.41, 5.74) is 2.59. The van der Waals surface area contributed by atoms with E-state index in [4.69, 9.17) is 0 Å². The highest BCUT2D eigenvalue weighted by Gasteiger charge is 2.16. The van der Waals surface area contributed by atoms with E-state index in [0.717, 1.165) is 6.42 Å². The van der Waals surface area contributed by atoms with Crippen molar-refractivity contribution in [3.63, 3.8) is 0 Å². The summed E-state index contributed by atoms with van der Waals surface area (Å²) in [6.07, 6.45) is 1.05. The Morgan fingerprint density at radius 3 is 2.15 bits per heavy atom. The molecule has 0 unspecified atom stereocenters. The third-order valence-corrected chi connectivity index (χ3v) is 3.35. The Bertz CT molecular complexity index is 410. The Kier molecular flexibility index (Phi) is 6.73. The van der Waals surface area contributed by atoms with Crippen LogP contribution in [0.5, 0.6) is 0 Å². The van der Waals surface area contributed by atoms with Gasteiger partial charge in [-0.3, -0.25) is 4.79 Å². The second-order valence-corrected chi connectivity index (χ2v) is 5.92. The monoisotopic (exact) mass is 276 g/mol. The number of carbonyl (C=O) groups excluding carboxylic acids is 1. The van der Waals surface area contributed by atoms with Crippen molar-refractivity contribution in [2.75, 3.05) is 6.54 Å². The van der Waals surface area contributed by atoms with Crippen molar-refractivity contribution in [3.8, 4) is 0 Å². The van der Waals surface area contributed by atoms with E-state index in [2.05, 4.69) is 55.7 Å². The summed E-state index contributed by atoms with van der Waals surface area (Å²) in [6, 6.07) is 9.05. The number of nitrogens with one attached hydrogen (secondary N) is 2. The fourth-order valence-corrected chi connectivity index (χ4v) is 2.27. The lowest BCUT2D eigenvalue weighted by molar-refractivity contribution is -0.120. The highest BCUT2D eigenvalue weighted by Crippen LogP contribution is 2.21. The maximum absolute atomic E-state index is 11.7. The number of amides is 1. The first-order valence-electron chi connectivity index (χ1n) is 7.55. The van der Waals surface area contributed by atoms with Gasteiger partial charge >= 0.3 is 0 Å². The van der Waals surface area contributed by atoms with Crippen LogP contribution < -0.4 is 10.6 Å². The number of benzene rings is 1. The van der Waals surface area contributed by atoms with Crippen molar-refractivity contribution in [2.24, 2.45) is 5.92 Å². The Balaban J connectivity index is 2.66. The normalized spacial score (nSPS) is 12.8. The maximum Gasteiger partial charge on any atom is 0.234 e. The fourth-order valence-electron chi connectivity index (χ4n) is 2.27. The SMILES string of the molecule is CCc1ccc([C@@H](NCC(=O)NC(C)C)C(C)C)cc1. The van der Waals surface area contributed by atoms with Gasteiger partial charge in [0.25, 0.3) is 0 Å². The molecule has 0 spiro atoms. The lowest BCUT2D eigenvalue weighted by atomic mass is 9.95. The predicted molar refractivity (Wildman–Crippen MR) is 84.7 cm³/mol. The molecule has 2 N–H and O–H groups in total. The number of carbonyl (C=O) groups is 1. The molecule has 0 aromatic heterocycles. The quantitative estimate of drug-likeness (QED) is 0.803. The number of hydrogen-bond acceptors (Lipinski definition) is 2. The van der Waals surface area contributed by atoms with Crippen molar-refractivity contribution in [1.29, 1.82) is 0 Å². The summed E-state index contributed by atoms with van der Waals surface area (Å²) in [6.45, 7) is 10.8. The zero-order chi connectivity index (χ0) is 15.1. The van der Waals surface area contributed by atoms with Gasteiger partial charge in [-0.15, -0.1) is 0 Å². The van der Waals surface area contributed by atoms with E-state index < -0.39 is 0 Å². The first-order chi connectivity index (χ1) is 9.43. The van der Waals surface area contributed by atoms with Gasteiger partial charge in [0, 0.05) is 12.1 Å². The van der Waals surface area contributed by atoms with E-state index in [9.17, 15) is 4.79 Å². The van der Waals surface area contributed by atoms with Gasteiger partial charge in [0.2, 0.25) is 5.91 Å². The third kappa shape index (κ3) is 5.33. The zero-order valence-corrected chi connectivity index (χ0v) is 13.4. The van der Waals surface area contributed by atoms with Gasteiger partial charge in [0.15, 0.2) is 0 Å². The van der Waals surface area contributed by atoms with E-state index in [0.29, 0.717) is 12.5 Å². The third-order valence-electron chi connectivity index (χ3n) is 3.35. The Hall–Kier alpha value is -1.35. The van der Waals surface area contributed by atoms with Gasteiger partial charge in [-0.2, -0.15) is 0 Å². The fraction of sp³-hybridized carbons (Fsp3) is 0.588. The molecular weight excluding hydrogens is 248 g/mol. The van der Waals surface area contributed by atoms with Crippen LogP contribution in [-0.4, -0.2) is 18.5 Å². The highest BCUT2D eigenvalue weighted by molar-refractivity contribution is 5.78. The molecule has 0 heterocycles. The summed E-state index contributed by atoms with van der Waals surface area (Å²) in [7, 11) is 0. The molecule has 112 valence electrons. The maximum atomic E-state index is 11.7. The topological polar surface area (TPSA) is 41.1 Å². The molecule has 0 saturated heterocycles. The van der Waals surface area contributed by atoms with E-state index in [-0.39, 0.29) is 18.0 Å². The molecule has 0 radical (unpaired) electrons. The second kappa shape index (κ2) is 8.05. The lowest BCUT2D eigenvalue weighted by Gasteiger charge is -2.23. The molecule has 20 heavy (non-hydrogen) atoms. The van der Waals surface area contributed by atoms with Crippen LogP contribution in [-0.2, 0) is 11.2 Å². The highest BCUT2D eigenvalue weighted by atomic mass is 16.1. The minimum absolute atomic E-state index is 0.0517. The van der Waals surface area contributed by atoms with Gasteiger partial charge in [-0.05, 0) is 37.3 Å². The molecule has 1 rings (SSSR count). The van der Waals surface area contributed by atoms with Crippen LogP contribution in [0.25, 0.3) is 0 Å². The first-order valence-corrected chi connectivity index (χ1v) is 7.55. The summed E-state index contributed by atoms with van der Waals surface area (Å²) in [4.78, 5) is 11.7. The zero-order valence-electron chi connectivity index (χ0n) is 13.4. The van der Waals surface area contributed by atoms with Crippen LogP contribution in [0, 0.1) is 5.92 Å². The molecule has 0 aliphatic rings. The number of rotatable bonds is 7. The minimum Gasteiger partial charge on any atom is -0.353 e. The Morgan fingerprint density at radius 2 is 1.70 bits per heavy atom. The van der Waals surface area contributed by atoms with Crippen LogP contribution in [0.4, 0.5) is 0 Å². The van der Waals surface area contributed by atoms with Crippen LogP contribution in [0.2, 0.25) is 0 Å². The molecule has 3 nitrogen and oxygen atoms in total. The molecule has 0 aliphatic heterocycles. The van der Waals surface area contributed by atoms with Crippen LogP contribution in [0.15, 0.2) is 24.3 Å². The molecule has 3 heteroatoms. The van der Waals surface area contributed by atoms with Crippen molar-refractivity contribution in [3.05, 3.63) is 35.4 Å². The number of aryl methyl sites for hydroxylation is 1. The van der Waals surface area contributed by atoms with Gasteiger partial charge in [-0.25, -0.2) is 0 Å². The van der Waals surface area contributed by atoms with Gasteiger partial charge < -0.3 is 10.6 Å². The Morgan fingerprint density at radius 1 is 1.10 bits per heavy atom. The van der Waals surface area contributed by atoms with E-state index in [1.807, 2.05) is 13.8 Å². The van der Waals surface area contributed by atoms with E-state index >= 15 is 0 Å². The smallest absolute Gasteiger partial charge is 0.234 e. The molecule has 1 aromatic carbocycles. The average molecular weight is 276 g/mol. The minimum atomic E-state index is 0.0517. The van der Waals surface area contributed by atoms with Crippen molar-refractivity contribution >= 4 is 5.91 Å². The largest absolute Gasteiger partial charge is 0.353 e. The van der Waals surface area contributed by atoms with Gasteiger partial charge in [-0.1, -0.05) is 45.0 Å². The predicted octanol–water partition coefficient (Wildman–Crippen LogP) is 3.06. The van der Waals surface area contributed by atoms with E-state index in [1.54, 1.807) is 0 Å². The molecule has 1 amide bonds. The van der Waals surface area contributed by atoms with Gasteiger partial charge in [0.05, 0.1) is 6.54 Å². The number of hydrogen-bond donors (Lipinski definition) is 2. The summed E-state index contributed by atoms with van der Waals surface area (Å²) in [5, 5.41) is 6.27. The van der Waals surface area contributed by atoms with Crippen LogP contribution in [0.3, 0.4) is 0 Å². The van der Waals surface area contributed by atoms with E-state index in [1.165, 1.54) is 11.1 Å². The van der Waals surface area contributed by atoms with Crippen molar-refractivity contribution in [1.82, 2.24) is 10.6 Å². The first kappa shape index (κ1) is 16.7. The molecular formula is C17H28N2O. The van der Waals surface area contributed by atoms with Crippen molar-refractivity contribution < 1.29 is 4.79 Å². The molecule has 0 saturated carbocycles. The molecule has 0 fully saturated rings. The summed E-state index contributed by atoms with van der Waals surface area (Å²) >= 11 is 0. The molecule has 1 aromatic rings. The van der Waals surface area contributed by atoms with Gasteiger partial charge in [0.1, 0.15) is 0 Å².